The predicted octanol–water partition coefficient (Wildman–Crippen LogP) is 1.20. The Labute approximate surface area is 141 Å². The molecule has 0 spiro atoms. The first-order valence-corrected chi connectivity index (χ1v) is 7.78. The molecule has 0 unspecified atom stereocenters. The SMILES string of the molecule is CNC(=O)CCNC(=O)[C@@H](C)Oc1nn(-c2ccccc2)cc1C. The van der Waals surface area contributed by atoms with Gasteiger partial charge < -0.3 is 15.4 Å². The van der Waals surface area contributed by atoms with E-state index >= 15 is 0 Å². The molecule has 1 atom stereocenters. The van der Waals surface area contributed by atoms with E-state index in [1.807, 2.05) is 43.5 Å². The molecular formula is C17H22N4O3. The highest BCUT2D eigenvalue weighted by atomic mass is 16.5. The molecule has 7 nitrogen and oxygen atoms in total. The highest BCUT2D eigenvalue weighted by molar-refractivity contribution is 5.81. The van der Waals surface area contributed by atoms with Crippen LogP contribution in [0.1, 0.15) is 18.9 Å². The van der Waals surface area contributed by atoms with Crippen molar-refractivity contribution < 1.29 is 14.3 Å². The number of aryl methyl sites for hydroxylation is 1. The predicted molar refractivity (Wildman–Crippen MR) is 90.1 cm³/mol. The first kappa shape index (κ1) is 17.5. The van der Waals surface area contributed by atoms with Crippen molar-refractivity contribution in [3.05, 3.63) is 42.1 Å². The van der Waals surface area contributed by atoms with Gasteiger partial charge in [0.15, 0.2) is 6.10 Å². The fourth-order valence-corrected chi connectivity index (χ4v) is 2.06. The number of carbonyl (C=O) groups is 2. The van der Waals surface area contributed by atoms with Crippen molar-refractivity contribution in [2.45, 2.75) is 26.4 Å². The lowest BCUT2D eigenvalue weighted by Gasteiger charge is -2.13. The molecule has 2 amide bonds. The number of para-hydroxylation sites is 1. The minimum atomic E-state index is -0.701. The fourth-order valence-electron chi connectivity index (χ4n) is 2.06. The van der Waals surface area contributed by atoms with E-state index in [4.69, 9.17) is 4.74 Å². The maximum absolute atomic E-state index is 12.0. The second-order valence-electron chi connectivity index (χ2n) is 5.37. The smallest absolute Gasteiger partial charge is 0.260 e. The highest BCUT2D eigenvalue weighted by Crippen LogP contribution is 2.19. The Bertz CT molecular complexity index is 697. The van der Waals surface area contributed by atoms with Crippen molar-refractivity contribution in [3.8, 4) is 11.6 Å². The second kappa shape index (κ2) is 8.14. The molecule has 0 aliphatic heterocycles. The van der Waals surface area contributed by atoms with Gasteiger partial charge in [-0.15, -0.1) is 5.10 Å². The molecule has 0 fully saturated rings. The number of nitrogens with one attached hydrogen (secondary N) is 2. The highest BCUT2D eigenvalue weighted by Gasteiger charge is 2.18. The van der Waals surface area contributed by atoms with Crippen LogP contribution in [0.5, 0.6) is 5.88 Å². The number of nitrogens with zero attached hydrogens (tertiary/aromatic N) is 2. The third-order valence-corrected chi connectivity index (χ3v) is 3.46. The third-order valence-electron chi connectivity index (χ3n) is 3.46. The summed E-state index contributed by atoms with van der Waals surface area (Å²) in [5.41, 5.74) is 1.75. The Hall–Kier alpha value is -2.83. The van der Waals surface area contributed by atoms with Crippen LogP contribution in [0.4, 0.5) is 0 Å². The van der Waals surface area contributed by atoms with E-state index in [1.165, 1.54) is 0 Å². The Morgan fingerprint density at radius 1 is 1.29 bits per heavy atom. The average Bonchev–Trinajstić information content (AvgIpc) is 2.96. The largest absolute Gasteiger partial charge is 0.463 e. The van der Waals surface area contributed by atoms with Crippen molar-refractivity contribution in [2.75, 3.05) is 13.6 Å². The lowest BCUT2D eigenvalue weighted by atomic mass is 10.3. The van der Waals surface area contributed by atoms with Crippen LogP contribution in [-0.2, 0) is 9.59 Å². The van der Waals surface area contributed by atoms with E-state index in [1.54, 1.807) is 18.7 Å². The summed E-state index contributed by atoms with van der Waals surface area (Å²) < 4.78 is 7.36. The number of benzene rings is 1. The van der Waals surface area contributed by atoms with Crippen LogP contribution in [0.3, 0.4) is 0 Å². The molecule has 2 aromatic rings. The minimum Gasteiger partial charge on any atom is -0.463 e. The molecule has 2 rings (SSSR count). The Morgan fingerprint density at radius 2 is 2.00 bits per heavy atom. The number of hydrogen-bond acceptors (Lipinski definition) is 4. The molecule has 1 heterocycles. The zero-order valence-corrected chi connectivity index (χ0v) is 14.1. The van der Waals surface area contributed by atoms with Gasteiger partial charge in [-0.2, -0.15) is 0 Å². The van der Waals surface area contributed by atoms with Gasteiger partial charge in [0.25, 0.3) is 5.91 Å². The van der Waals surface area contributed by atoms with Crippen LogP contribution in [0.15, 0.2) is 36.5 Å². The molecule has 0 bridgehead atoms. The fraction of sp³-hybridized carbons (Fsp3) is 0.353. The van der Waals surface area contributed by atoms with Crippen LogP contribution in [-0.4, -0.2) is 41.3 Å². The van der Waals surface area contributed by atoms with Gasteiger partial charge >= 0.3 is 0 Å². The van der Waals surface area contributed by atoms with Crippen molar-refractivity contribution in [1.29, 1.82) is 0 Å². The molecular weight excluding hydrogens is 308 g/mol. The molecule has 1 aromatic heterocycles. The summed E-state index contributed by atoms with van der Waals surface area (Å²) in [6.07, 6.45) is 1.38. The quantitative estimate of drug-likeness (QED) is 0.799. The van der Waals surface area contributed by atoms with E-state index < -0.39 is 6.10 Å². The number of aromatic nitrogens is 2. The summed E-state index contributed by atoms with van der Waals surface area (Å²) in [4.78, 5) is 23.1. The maximum Gasteiger partial charge on any atom is 0.260 e. The molecule has 24 heavy (non-hydrogen) atoms. The van der Waals surface area contributed by atoms with Crippen LogP contribution in [0.2, 0.25) is 0 Å². The zero-order chi connectivity index (χ0) is 17.5. The Kier molecular flexibility index (Phi) is 5.95. The third kappa shape index (κ3) is 4.58. The lowest BCUT2D eigenvalue weighted by molar-refractivity contribution is -0.127. The number of amides is 2. The minimum absolute atomic E-state index is 0.124. The summed E-state index contributed by atoms with van der Waals surface area (Å²) in [5, 5.41) is 9.54. The maximum atomic E-state index is 12.0. The number of carbonyl (C=O) groups excluding carboxylic acids is 2. The standard InChI is InChI=1S/C17H22N4O3/c1-12-11-21(14-7-5-4-6-8-14)20-17(12)24-13(2)16(23)19-10-9-15(22)18-3/h4-8,11,13H,9-10H2,1-3H3,(H,18,22)(H,19,23)/t13-/m1/s1. The van der Waals surface area contributed by atoms with Gasteiger partial charge in [-0.1, -0.05) is 18.2 Å². The summed E-state index contributed by atoms with van der Waals surface area (Å²) in [6, 6.07) is 9.66. The molecule has 0 aliphatic rings. The van der Waals surface area contributed by atoms with E-state index in [9.17, 15) is 9.59 Å². The lowest BCUT2D eigenvalue weighted by Crippen LogP contribution is -2.38. The van der Waals surface area contributed by atoms with Crippen molar-refractivity contribution in [1.82, 2.24) is 20.4 Å². The van der Waals surface area contributed by atoms with Gasteiger partial charge in [0, 0.05) is 31.8 Å². The average molecular weight is 330 g/mol. The van der Waals surface area contributed by atoms with Gasteiger partial charge in [0.2, 0.25) is 11.8 Å². The normalized spacial score (nSPS) is 11.6. The number of rotatable bonds is 7. The first-order chi connectivity index (χ1) is 11.5. The Balaban J connectivity index is 1.94. The van der Waals surface area contributed by atoms with E-state index in [-0.39, 0.29) is 24.8 Å². The molecule has 0 saturated carbocycles. The van der Waals surface area contributed by atoms with E-state index in [2.05, 4.69) is 15.7 Å². The van der Waals surface area contributed by atoms with Gasteiger partial charge in [-0.25, -0.2) is 4.68 Å². The Morgan fingerprint density at radius 3 is 2.67 bits per heavy atom. The van der Waals surface area contributed by atoms with Gasteiger partial charge in [-0.05, 0) is 26.0 Å². The van der Waals surface area contributed by atoms with Gasteiger partial charge in [-0.3, -0.25) is 9.59 Å². The summed E-state index contributed by atoms with van der Waals surface area (Å²) in [7, 11) is 1.56. The molecule has 2 N–H and O–H groups in total. The zero-order valence-electron chi connectivity index (χ0n) is 14.1. The summed E-state index contributed by atoms with van der Waals surface area (Å²) >= 11 is 0. The van der Waals surface area contributed by atoms with E-state index in [0.717, 1.165) is 11.3 Å². The van der Waals surface area contributed by atoms with Crippen LogP contribution >= 0.6 is 0 Å². The summed E-state index contributed by atoms with van der Waals surface area (Å²) in [6.45, 7) is 3.79. The topological polar surface area (TPSA) is 85.2 Å². The molecule has 7 heteroatoms. The molecule has 0 aliphatic carbocycles. The summed E-state index contributed by atoms with van der Waals surface area (Å²) in [5.74, 6) is 0.00156. The number of ether oxygens (including phenoxy) is 1. The monoisotopic (exact) mass is 330 g/mol. The molecule has 128 valence electrons. The van der Waals surface area contributed by atoms with Gasteiger partial charge in [0.1, 0.15) is 0 Å². The second-order valence-corrected chi connectivity index (χ2v) is 5.37. The molecule has 0 radical (unpaired) electrons. The van der Waals surface area contributed by atoms with E-state index in [0.29, 0.717) is 5.88 Å². The molecule has 1 aromatic carbocycles. The van der Waals surface area contributed by atoms with Gasteiger partial charge in [0.05, 0.1) is 5.69 Å². The molecule has 0 saturated heterocycles. The first-order valence-electron chi connectivity index (χ1n) is 7.78. The van der Waals surface area contributed by atoms with Crippen LogP contribution in [0.25, 0.3) is 5.69 Å². The van der Waals surface area contributed by atoms with Crippen molar-refractivity contribution >= 4 is 11.8 Å². The van der Waals surface area contributed by atoms with Crippen LogP contribution < -0.4 is 15.4 Å². The van der Waals surface area contributed by atoms with Crippen LogP contribution in [0, 0.1) is 6.92 Å². The van der Waals surface area contributed by atoms with Crippen molar-refractivity contribution in [3.63, 3.8) is 0 Å². The van der Waals surface area contributed by atoms with Crippen molar-refractivity contribution in [2.24, 2.45) is 0 Å². The number of hydrogen-bond donors (Lipinski definition) is 2.